The van der Waals surface area contributed by atoms with E-state index in [1.54, 1.807) is 7.11 Å². The Hall–Kier alpha value is -1.84. The van der Waals surface area contributed by atoms with Crippen molar-refractivity contribution in [2.24, 2.45) is 5.73 Å². The Morgan fingerprint density at radius 2 is 1.65 bits per heavy atom. The maximum absolute atomic E-state index is 6.41. The number of para-hydroxylation sites is 1. The molecule has 2 rings (SSSR count). The van der Waals surface area contributed by atoms with E-state index in [1.165, 1.54) is 0 Å². The zero-order chi connectivity index (χ0) is 14.4. The van der Waals surface area contributed by atoms with Gasteiger partial charge in [0.05, 0.1) is 12.6 Å². The molecule has 2 N–H and O–H groups in total. The molecule has 0 aliphatic carbocycles. The van der Waals surface area contributed by atoms with Gasteiger partial charge in [0.1, 0.15) is 11.9 Å². The number of ether oxygens (including phenoxy) is 2. The molecule has 20 heavy (non-hydrogen) atoms. The fourth-order valence-electron chi connectivity index (χ4n) is 2.34. The van der Waals surface area contributed by atoms with Crippen molar-refractivity contribution in [3.8, 4) is 5.75 Å². The van der Waals surface area contributed by atoms with Crippen LogP contribution in [0.4, 0.5) is 0 Å². The summed E-state index contributed by atoms with van der Waals surface area (Å²) < 4.78 is 11.3. The number of methoxy groups -OCH3 is 1. The standard InChI is InChI=1S/C17H21NO2/c1-3-20-15-12-8-7-11-14(15)16(18)17(19-2)13-9-5-4-6-10-13/h4-12,16-17H,3,18H2,1-2H3. The fourth-order valence-corrected chi connectivity index (χ4v) is 2.34. The van der Waals surface area contributed by atoms with Crippen LogP contribution in [0, 0.1) is 0 Å². The first-order valence-corrected chi connectivity index (χ1v) is 6.83. The van der Waals surface area contributed by atoms with E-state index in [2.05, 4.69) is 0 Å². The molecule has 0 saturated carbocycles. The molecule has 2 aromatic rings. The Kier molecular flexibility index (Phi) is 5.16. The lowest BCUT2D eigenvalue weighted by molar-refractivity contribution is 0.0792. The highest BCUT2D eigenvalue weighted by molar-refractivity contribution is 5.37. The number of nitrogens with two attached hydrogens (primary N) is 1. The zero-order valence-corrected chi connectivity index (χ0v) is 12.0. The minimum Gasteiger partial charge on any atom is -0.494 e. The van der Waals surface area contributed by atoms with Gasteiger partial charge >= 0.3 is 0 Å². The summed E-state index contributed by atoms with van der Waals surface area (Å²) in [4.78, 5) is 0. The van der Waals surface area contributed by atoms with Crippen molar-refractivity contribution >= 4 is 0 Å². The molecule has 0 saturated heterocycles. The summed E-state index contributed by atoms with van der Waals surface area (Å²) in [5.41, 5.74) is 8.43. The van der Waals surface area contributed by atoms with Crippen LogP contribution in [0.15, 0.2) is 54.6 Å². The Labute approximate surface area is 120 Å². The Balaban J connectivity index is 2.31. The lowest BCUT2D eigenvalue weighted by Crippen LogP contribution is -2.22. The van der Waals surface area contributed by atoms with Crippen molar-refractivity contribution in [2.75, 3.05) is 13.7 Å². The van der Waals surface area contributed by atoms with Crippen LogP contribution in [-0.4, -0.2) is 13.7 Å². The molecule has 0 aliphatic rings. The number of hydrogen-bond acceptors (Lipinski definition) is 3. The minimum absolute atomic E-state index is 0.196. The van der Waals surface area contributed by atoms with Crippen LogP contribution in [0.1, 0.15) is 30.2 Å². The topological polar surface area (TPSA) is 44.5 Å². The summed E-state index contributed by atoms with van der Waals surface area (Å²) in [6.45, 7) is 2.58. The minimum atomic E-state index is -0.273. The zero-order valence-electron chi connectivity index (χ0n) is 12.0. The Morgan fingerprint density at radius 1 is 1.00 bits per heavy atom. The van der Waals surface area contributed by atoms with Crippen molar-refractivity contribution in [3.63, 3.8) is 0 Å². The average Bonchev–Trinajstić information content (AvgIpc) is 2.50. The molecule has 0 bridgehead atoms. The van der Waals surface area contributed by atoms with Crippen molar-refractivity contribution in [3.05, 3.63) is 65.7 Å². The van der Waals surface area contributed by atoms with Crippen LogP contribution < -0.4 is 10.5 Å². The normalized spacial score (nSPS) is 13.8. The molecule has 0 heterocycles. The highest BCUT2D eigenvalue weighted by atomic mass is 16.5. The third kappa shape index (κ3) is 3.18. The highest BCUT2D eigenvalue weighted by Gasteiger charge is 2.23. The third-order valence-electron chi connectivity index (χ3n) is 3.29. The van der Waals surface area contributed by atoms with E-state index in [4.69, 9.17) is 15.2 Å². The number of benzene rings is 2. The monoisotopic (exact) mass is 271 g/mol. The van der Waals surface area contributed by atoms with Gasteiger partial charge in [-0.15, -0.1) is 0 Å². The van der Waals surface area contributed by atoms with Gasteiger partial charge in [-0.1, -0.05) is 48.5 Å². The second-order valence-electron chi connectivity index (χ2n) is 4.56. The first kappa shape index (κ1) is 14.6. The average molecular weight is 271 g/mol. The Morgan fingerprint density at radius 3 is 2.30 bits per heavy atom. The van der Waals surface area contributed by atoms with Crippen LogP contribution >= 0.6 is 0 Å². The Bertz CT molecular complexity index is 528. The lowest BCUT2D eigenvalue weighted by Gasteiger charge is -2.25. The molecule has 0 radical (unpaired) electrons. The van der Waals surface area contributed by atoms with Gasteiger partial charge in [0, 0.05) is 12.7 Å². The van der Waals surface area contributed by atoms with E-state index in [-0.39, 0.29) is 12.1 Å². The molecular formula is C17H21NO2. The van der Waals surface area contributed by atoms with Gasteiger partial charge < -0.3 is 15.2 Å². The first-order chi connectivity index (χ1) is 9.77. The molecule has 2 aromatic carbocycles. The molecule has 3 heteroatoms. The summed E-state index contributed by atoms with van der Waals surface area (Å²) in [5, 5.41) is 0. The smallest absolute Gasteiger partial charge is 0.124 e. The fraction of sp³-hybridized carbons (Fsp3) is 0.294. The van der Waals surface area contributed by atoms with Crippen LogP contribution in [0.3, 0.4) is 0 Å². The van der Waals surface area contributed by atoms with Crippen molar-refractivity contribution in [2.45, 2.75) is 19.1 Å². The van der Waals surface area contributed by atoms with Crippen molar-refractivity contribution < 1.29 is 9.47 Å². The largest absolute Gasteiger partial charge is 0.494 e. The molecule has 2 atom stereocenters. The van der Waals surface area contributed by atoms with Crippen molar-refractivity contribution in [1.82, 2.24) is 0 Å². The summed E-state index contributed by atoms with van der Waals surface area (Å²) in [6.07, 6.45) is -0.196. The van der Waals surface area contributed by atoms with E-state index in [1.807, 2.05) is 61.5 Å². The van der Waals surface area contributed by atoms with Crippen LogP contribution in [0.2, 0.25) is 0 Å². The van der Waals surface area contributed by atoms with E-state index in [9.17, 15) is 0 Å². The molecule has 106 valence electrons. The first-order valence-electron chi connectivity index (χ1n) is 6.83. The second kappa shape index (κ2) is 7.08. The van der Waals surface area contributed by atoms with Crippen LogP contribution in [0.25, 0.3) is 0 Å². The van der Waals surface area contributed by atoms with Gasteiger partial charge in [-0.3, -0.25) is 0 Å². The van der Waals surface area contributed by atoms with Gasteiger partial charge in [0.25, 0.3) is 0 Å². The molecule has 2 unspecified atom stereocenters. The molecule has 0 aliphatic heterocycles. The van der Waals surface area contributed by atoms with E-state index in [0.29, 0.717) is 6.61 Å². The van der Waals surface area contributed by atoms with Gasteiger partial charge in [-0.2, -0.15) is 0 Å². The van der Waals surface area contributed by atoms with Crippen LogP contribution in [0.5, 0.6) is 5.75 Å². The summed E-state index contributed by atoms with van der Waals surface area (Å²) in [6, 6.07) is 17.6. The van der Waals surface area contributed by atoms with E-state index >= 15 is 0 Å². The molecule has 0 amide bonds. The quantitative estimate of drug-likeness (QED) is 0.875. The van der Waals surface area contributed by atoms with Crippen molar-refractivity contribution in [1.29, 1.82) is 0 Å². The second-order valence-corrected chi connectivity index (χ2v) is 4.56. The molecule has 0 spiro atoms. The summed E-state index contributed by atoms with van der Waals surface area (Å²) in [5.74, 6) is 0.820. The third-order valence-corrected chi connectivity index (χ3v) is 3.29. The molecule has 0 fully saturated rings. The van der Waals surface area contributed by atoms with Gasteiger partial charge in [0.2, 0.25) is 0 Å². The predicted octanol–water partition coefficient (Wildman–Crippen LogP) is 3.47. The molecular weight excluding hydrogens is 250 g/mol. The maximum atomic E-state index is 6.41. The summed E-state index contributed by atoms with van der Waals surface area (Å²) >= 11 is 0. The molecule has 0 aromatic heterocycles. The highest BCUT2D eigenvalue weighted by Crippen LogP contribution is 2.34. The summed E-state index contributed by atoms with van der Waals surface area (Å²) in [7, 11) is 1.68. The number of rotatable bonds is 6. The van der Waals surface area contributed by atoms with Gasteiger partial charge in [0.15, 0.2) is 0 Å². The van der Waals surface area contributed by atoms with Gasteiger partial charge in [-0.05, 0) is 18.6 Å². The maximum Gasteiger partial charge on any atom is 0.124 e. The van der Waals surface area contributed by atoms with Gasteiger partial charge in [-0.25, -0.2) is 0 Å². The van der Waals surface area contributed by atoms with Crippen LogP contribution in [-0.2, 0) is 4.74 Å². The van der Waals surface area contributed by atoms with E-state index in [0.717, 1.165) is 16.9 Å². The lowest BCUT2D eigenvalue weighted by atomic mass is 9.96. The number of hydrogen-bond donors (Lipinski definition) is 1. The molecule has 3 nitrogen and oxygen atoms in total. The SMILES string of the molecule is CCOc1ccccc1C(N)C(OC)c1ccccc1. The predicted molar refractivity (Wildman–Crippen MR) is 80.7 cm³/mol. The van der Waals surface area contributed by atoms with E-state index < -0.39 is 0 Å².